The monoisotopic (exact) mass is 436 g/mol. The highest BCUT2D eigenvalue weighted by Gasteiger charge is 2.20. The molecule has 7 heteroatoms. The Balaban J connectivity index is 1.48. The summed E-state index contributed by atoms with van der Waals surface area (Å²) in [6.07, 6.45) is 3.76. The summed E-state index contributed by atoms with van der Waals surface area (Å²) in [5.74, 6) is 1.35. The molecule has 0 amide bonds. The van der Waals surface area contributed by atoms with Gasteiger partial charge in [-0.2, -0.15) is 0 Å². The van der Waals surface area contributed by atoms with Gasteiger partial charge in [0.25, 0.3) is 0 Å². The number of benzene rings is 2. The van der Waals surface area contributed by atoms with E-state index in [-0.39, 0.29) is 5.82 Å². The van der Waals surface area contributed by atoms with Crippen LogP contribution in [-0.4, -0.2) is 34.7 Å². The van der Waals surface area contributed by atoms with Gasteiger partial charge in [-0.25, -0.2) is 9.37 Å². The van der Waals surface area contributed by atoms with Crippen molar-refractivity contribution in [2.75, 3.05) is 25.5 Å². The zero-order valence-corrected chi connectivity index (χ0v) is 17.9. The molecule has 0 saturated heterocycles. The second-order valence-corrected chi connectivity index (χ2v) is 8.07. The first kappa shape index (κ1) is 19.8. The van der Waals surface area contributed by atoms with Gasteiger partial charge >= 0.3 is 0 Å². The first-order valence-electron chi connectivity index (χ1n) is 10.2. The molecule has 2 aromatic carbocycles. The molecule has 0 fully saturated rings. The summed E-state index contributed by atoms with van der Waals surface area (Å²) in [5.41, 5.74) is 4.08. The molecule has 31 heavy (non-hydrogen) atoms. The third-order valence-electron chi connectivity index (χ3n) is 5.57. The lowest BCUT2D eigenvalue weighted by atomic mass is 10.1. The highest BCUT2D eigenvalue weighted by atomic mass is 35.5. The fourth-order valence-electron chi connectivity index (χ4n) is 4.09. The SMILES string of the molecule is CNc1cc(CN2CCOc3c(Cl)cc(-n4ccc5cc(F)ccc54)cc3C2)ccn1. The molecule has 0 bridgehead atoms. The fourth-order valence-corrected chi connectivity index (χ4v) is 4.38. The number of nitrogens with zero attached hydrogens (tertiary/aromatic N) is 3. The third-order valence-corrected chi connectivity index (χ3v) is 5.85. The molecule has 4 aromatic rings. The molecule has 5 nitrogen and oxygen atoms in total. The minimum atomic E-state index is -0.244. The minimum absolute atomic E-state index is 0.244. The second kappa shape index (κ2) is 8.21. The van der Waals surface area contributed by atoms with Crippen molar-refractivity contribution in [3.05, 3.63) is 82.9 Å². The second-order valence-electron chi connectivity index (χ2n) is 7.66. The number of anilines is 1. The summed E-state index contributed by atoms with van der Waals surface area (Å²) < 4.78 is 21.6. The largest absolute Gasteiger partial charge is 0.490 e. The molecule has 0 unspecified atom stereocenters. The number of fused-ring (bicyclic) bond motifs is 2. The number of rotatable bonds is 4. The standard InChI is InChI=1S/C24H22ClFN4O/c1-27-23-10-16(4-6-28-23)14-29-8-9-31-24-18(15-29)12-20(13-21(24)25)30-7-5-17-11-19(26)2-3-22(17)30/h2-7,10-13H,8-9,14-15H2,1H3,(H,27,28). The molecule has 0 atom stereocenters. The lowest BCUT2D eigenvalue weighted by Gasteiger charge is -2.20. The van der Waals surface area contributed by atoms with Crippen molar-refractivity contribution >= 4 is 28.3 Å². The Bertz CT molecular complexity index is 1260. The van der Waals surface area contributed by atoms with Gasteiger partial charge in [0, 0.05) is 55.7 Å². The quantitative estimate of drug-likeness (QED) is 0.474. The maximum Gasteiger partial charge on any atom is 0.142 e. The smallest absolute Gasteiger partial charge is 0.142 e. The Morgan fingerprint density at radius 2 is 2.06 bits per heavy atom. The third kappa shape index (κ3) is 3.96. The molecule has 0 saturated carbocycles. The van der Waals surface area contributed by atoms with Crippen molar-refractivity contribution in [1.29, 1.82) is 0 Å². The number of pyridine rings is 1. The number of ether oxygens (including phenoxy) is 1. The van der Waals surface area contributed by atoms with Crippen molar-refractivity contribution in [2.24, 2.45) is 0 Å². The van der Waals surface area contributed by atoms with E-state index in [1.165, 1.54) is 17.7 Å². The van der Waals surface area contributed by atoms with Gasteiger partial charge in [-0.15, -0.1) is 0 Å². The molecule has 1 aliphatic rings. The van der Waals surface area contributed by atoms with Crippen LogP contribution < -0.4 is 10.1 Å². The fraction of sp³-hybridized carbons (Fsp3) is 0.208. The van der Waals surface area contributed by atoms with E-state index in [2.05, 4.69) is 27.3 Å². The first-order valence-corrected chi connectivity index (χ1v) is 10.6. The summed E-state index contributed by atoms with van der Waals surface area (Å²) in [6.45, 7) is 2.87. The molecule has 0 aliphatic carbocycles. The van der Waals surface area contributed by atoms with Gasteiger partial charge in [-0.3, -0.25) is 4.90 Å². The van der Waals surface area contributed by atoms with Crippen LogP contribution in [0.5, 0.6) is 5.75 Å². The molecule has 5 rings (SSSR count). The number of hydrogen-bond donors (Lipinski definition) is 1. The summed E-state index contributed by atoms with van der Waals surface area (Å²) in [7, 11) is 1.87. The van der Waals surface area contributed by atoms with E-state index < -0.39 is 0 Å². The number of aromatic nitrogens is 2. The average molecular weight is 437 g/mol. The zero-order chi connectivity index (χ0) is 21.4. The van der Waals surface area contributed by atoms with Gasteiger partial charge in [0.05, 0.1) is 10.5 Å². The van der Waals surface area contributed by atoms with Gasteiger partial charge in [0.15, 0.2) is 0 Å². The van der Waals surface area contributed by atoms with Crippen LogP contribution in [0, 0.1) is 5.82 Å². The maximum atomic E-state index is 13.6. The first-order chi connectivity index (χ1) is 15.1. The topological polar surface area (TPSA) is 42.3 Å². The van der Waals surface area contributed by atoms with E-state index in [9.17, 15) is 4.39 Å². The van der Waals surface area contributed by atoms with Crippen LogP contribution >= 0.6 is 11.6 Å². The molecule has 0 spiro atoms. The van der Waals surface area contributed by atoms with Crippen LogP contribution in [-0.2, 0) is 13.1 Å². The molecule has 3 heterocycles. The van der Waals surface area contributed by atoms with E-state index in [1.807, 2.05) is 42.2 Å². The molecule has 2 aromatic heterocycles. The molecular weight excluding hydrogens is 415 g/mol. The average Bonchev–Trinajstić information content (AvgIpc) is 3.07. The highest BCUT2D eigenvalue weighted by Crippen LogP contribution is 2.35. The molecule has 1 N–H and O–H groups in total. The number of nitrogens with one attached hydrogen (secondary N) is 1. The van der Waals surface area contributed by atoms with E-state index in [4.69, 9.17) is 16.3 Å². The summed E-state index contributed by atoms with van der Waals surface area (Å²) in [4.78, 5) is 6.63. The van der Waals surface area contributed by atoms with Crippen molar-refractivity contribution in [3.8, 4) is 11.4 Å². The van der Waals surface area contributed by atoms with Gasteiger partial charge in [0.1, 0.15) is 24.0 Å². The molecule has 158 valence electrons. The highest BCUT2D eigenvalue weighted by molar-refractivity contribution is 6.32. The Labute approximate surface area is 185 Å². The van der Waals surface area contributed by atoms with Gasteiger partial charge in [-0.1, -0.05) is 11.6 Å². The number of halogens is 2. The van der Waals surface area contributed by atoms with Crippen LogP contribution in [0.25, 0.3) is 16.6 Å². The lowest BCUT2D eigenvalue weighted by molar-refractivity contribution is 0.219. The van der Waals surface area contributed by atoms with Crippen LogP contribution in [0.3, 0.4) is 0 Å². The van der Waals surface area contributed by atoms with Crippen molar-refractivity contribution in [3.63, 3.8) is 0 Å². The summed E-state index contributed by atoms with van der Waals surface area (Å²) in [5, 5.41) is 4.52. The predicted octanol–water partition coefficient (Wildman–Crippen LogP) is 5.25. The molecular formula is C24H22ClFN4O. The van der Waals surface area contributed by atoms with Gasteiger partial charge < -0.3 is 14.6 Å². The van der Waals surface area contributed by atoms with Gasteiger partial charge in [-0.05, 0) is 54.1 Å². The maximum absolute atomic E-state index is 13.6. The molecule has 0 radical (unpaired) electrons. The van der Waals surface area contributed by atoms with Crippen molar-refractivity contribution < 1.29 is 9.13 Å². The van der Waals surface area contributed by atoms with Crippen LogP contribution in [0.4, 0.5) is 10.2 Å². The lowest BCUT2D eigenvalue weighted by Crippen LogP contribution is -2.25. The van der Waals surface area contributed by atoms with E-state index in [1.54, 1.807) is 6.07 Å². The zero-order valence-electron chi connectivity index (χ0n) is 17.1. The van der Waals surface area contributed by atoms with E-state index in [0.29, 0.717) is 18.2 Å². The summed E-state index contributed by atoms with van der Waals surface area (Å²) in [6, 6.07) is 14.8. The van der Waals surface area contributed by atoms with Crippen LogP contribution in [0.1, 0.15) is 11.1 Å². The Morgan fingerprint density at radius 1 is 1.16 bits per heavy atom. The minimum Gasteiger partial charge on any atom is -0.490 e. The van der Waals surface area contributed by atoms with E-state index >= 15 is 0 Å². The summed E-state index contributed by atoms with van der Waals surface area (Å²) >= 11 is 6.63. The van der Waals surface area contributed by atoms with Crippen LogP contribution in [0.2, 0.25) is 5.02 Å². The molecule has 1 aliphatic heterocycles. The van der Waals surface area contributed by atoms with Gasteiger partial charge in [0.2, 0.25) is 0 Å². The number of hydrogen-bond acceptors (Lipinski definition) is 4. The Kier molecular flexibility index (Phi) is 5.26. The normalized spacial score (nSPS) is 14.2. The predicted molar refractivity (Wildman–Crippen MR) is 122 cm³/mol. The van der Waals surface area contributed by atoms with Crippen molar-refractivity contribution in [2.45, 2.75) is 13.1 Å². The Morgan fingerprint density at radius 3 is 2.94 bits per heavy atom. The van der Waals surface area contributed by atoms with Crippen molar-refractivity contribution in [1.82, 2.24) is 14.5 Å². The Hall–Kier alpha value is -3.09. The van der Waals surface area contributed by atoms with Crippen LogP contribution in [0.15, 0.2) is 60.9 Å². The van der Waals surface area contributed by atoms with E-state index in [0.717, 1.165) is 46.8 Å².